The van der Waals surface area contributed by atoms with Crippen molar-refractivity contribution in [3.63, 3.8) is 0 Å². The average molecular weight is 289 g/mol. The van der Waals surface area contributed by atoms with Crippen molar-refractivity contribution >= 4 is 16.9 Å². The molecule has 2 aromatic rings. The van der Waals surface area contributed by atoms with Crippen LogP contribution in [0.2, 0.25) is 0 Å². The highest BCUT2D eigenvalue weighted by Crippen LogP contribution is 2.32. The normalized spacial score (nSPS) is 11.5. The Morgan fingerprint density at radius 3 is 2.52 bits per heavy atom. The molecule has 1 aromatic carbocycles. The number of benzene rings is 1. The van der Waals surface area contributed by atoms with Crippen LogP contribution in [0, 0.1) is 6.92 Å². The monoisotopic (exact) mass is 289 g/mol. The van der Waals surface area contributed by atoms with Gasteiger partial charge in [-0.15, -0.1) is 0 Å². The largest absolute Gasteiger partial charge is 0.478 e. The summed E-state index contributed by atoms with van der Waals surface area (Å²) < 4.78 is 1.95. The molecule has 4 heteroatoms. The Morgan fingerprint density at radius 2 is 2.00 bits per heavy atom. The Morgan fingerprint density at radius 1 is 1.33 bits per heavy atom. The van der Waals surface area contributed by atoms with Crippen LogP contribution >= 0.6 is 0 Å². The predicted molar refractivity (Wildman–Crippen MR) is 84.1 cm³/mol. The Labute approximate surface area is 125 Å². The number of fused-ring (bicyclic) bond motifs is 1. The first kappa shape index (κ1) is 15.6. The molecular formula is C17H23NO3. The van der Waals surface area contributed by atoms with Gasteiger partial charge in [0.05, 0.1) is 11.1 Å². The summed E-state index contributed by atoms with van der Waals surface area (Å²) in [4.78, 5) is 11.6. The minimum Gasteiger partial charge on any atom is -0.478 e. The van der Waals surface area contributed by atoms with Crippen LogP contribution in [0.1, 0.15) is 53.4 Å². The summed E-state index contributed by atoms with van der Waals surface area (Å²) in [5, 5.41) is 19.6. The summed E-state index contributed by atoms with van der Waals surface area (Å²) >= 11 is 0. The van der Waals surface area contributed by atoms with Gasteiger partial charge in [-0.25, -0.2) is 4.79 Å². The molecule has 0 bridgehead atoms. The lowest BCUT2D eigenvalue weighted by molar-refractivity contribution is 0.0698. The summed E-state index contributed by atoms with van der Waals surface area (Å²) in [5.41, 5.74) is 4.39. The van der Waals surface area contributed by atoms with Gasteiger partial charge in [0, 0.05) is 24.7 Å². The first-order valence-electron chi connectivity index (χ1n) is 7.34. The van der Waals surface area contributed by atoms with Crippen molar-refractivity contribution in [2.24, 2.45) is 7.05 Å². The number of carboxylic acid groups (broad SMARTS) is 1. The molecule has 0 saturated carbocycles. The van der Waals surface area contributed by atoms with Crippen LogP contribution in [-0.2, 0) is 13.5 Å². The number of rotatable bonds is 5. The first-order chi connectivity index (χ1) is 9.88. The molecule has 114 valence electrons. The summed E-state index contributed by atoms with van der Waals surface area (Å²) in [6.45, 7) is 6.28. The topological polar surface area (TPSA) is 62.5 Å². The quantitative estimate of drug-likeness (QED) is 0.888. The Hall–Kier alpha value is -1.81. The fourth-order valence-electron chi connectivity index (χ4n) is 2.88. The number of carbonyl (C=O) groups is 1. The molecule has 1 aromatic heterocycles. The molecule has 4 nitrogen and oxygen atoms in total. The van der Waals surface area contributed by atoms with Gasteiger partial charge < -0.3 is 14.8 Å². The molecule has 0 fully saturated rings. The van der Waals surface area contributed by atoms with E-state index in [1.807, 2.05) is 18.5 Å². The number of aliphatic hydroxyl groups is 1. The molecule has 0 saturated heterocycles. The van der Waals surface area contributed by atoms with E-state index in [1.165, 1.54) is 0 Å². The zero-order valence-electron chi connectivity index (χ0n) is 13.1. The van der Waals surface area contributed by atoms with Gasteiger partial charge in [-0.05, 0) is 48.9 Å². The number of aromatic carboxylic acids is 1. The summed E-state index contributed by atoms with van der Waals surface area (Å²) in [6, 6.07) is 3.89. The number of aryl methyl sites for hydroxylation is 2. The number of aliphatic hydroxyl groups excluding tert-OH is 1. The van der Waals surface area contributed by atoms with Gasteiger partial charge in [0.15, 0.2) is 0 Å². The SMILES string of the molecule is Cc1c(CCCO)c2cc(C(C)C)cc(C(=O)O)c2n1C. The highest BCUT2D eigenvalue weighted by Gasteiger charge is 2.20. The lowest BCUT2D eigenvalue weighted by Crippen LogP contribution is -2.03. The third kappa shape index (κ3) is 2.68. The second kappa shape index (κ2) is 5.90. The van der Waals surface area contributed by atoms with E-state index in [0.717, 1.165) is 34.1 Å². The van der Waals surface area contributed by atoms with Crippen molar-refractivity contribution < 1.29 is 15.0 Å². The molecule has 21 heavy (non-hydrogen) atoms. The van der Waals surface area contributed by atoms with Gasteiger partial charge in [0.25, 0.3) is 0 Å². The van der Waals surface area contributed by atoms with Crippen molar-refractivity contribution in [3.05, 3.63) is 34.5 Å². The number of nitrogens with zero attached hydrogens (tertiary/aromatic N) is 1. The van der Waals surface area contributed by atoms with E-state index in [-0.39, 0.29) is 12.5 Å². The zero-order chi connectivity index (χ0) is 15.7. The number of hydrogen-bond donors (Lipinski definition) is 2. The molecule has 0 aliphatic rings. The predicted octanol–water partition coefficient (Wildman–Crippen LogP) is 3.23. The van der Waals surface area contributed by atoms with E-state index in [4.69, 9.17) is 5.11 Å². The van der Waals surface area contributed by atoms with Crippen molar-refractivity contribution in [3.8, 4) is 0 Å². The van der Waals surface area contributed by atoms with Crippen molar-refractivity contribution in [2.45, 2.75) is 39.5 Å². The number of hydrogen-bond acceptors (Lipinski definition) is 2. The molecular weight excluding hydrogens is 266 g/mol. The van der Waals surface area contributed by atoms with Crippen molar-refractivity contribution in [2.75, 3.05) is 6.61 Å². The number of carboxylic acids is 1. The maximum atomic E-state index is 11.6. The minimum atomic E-state index is -0.892. The summed E-state index contributed by atoms with van der Waals surface area (Å²) in [7, 11) is 1.90. The first-order valence-corrected chi connectivity index (χ1v) is 7.34. The van der Waals surface area contributed by atoms with Crippen LogP contribution in [-0.4, -0.2) is 27.4 Å². The van der Waals surface area contributed by atoms with E-state index in [9.17, 15) is 9.90 Å². The molecule has 2 N–H and O–H groups in total. The summed E-state index contributed by atoms with van der Waals surface area (Å²) in [5.74, 6) is -0.615. The fraction of sp³-hybridized carbons (Fsp3) is 0.471. The lowest BCUT2D eigenvalue weighted by Gasteiger charge is -2.10. The molecule has 0 spiro atoms. The Bertz CT molecular complexity index is 683. The van der Waals surface area contributed by atoms with Crippen LogP contribution in [0.15, 0.2) is 12.1 Å². The van der Waals surface area contributed by atoms with Crippen molar-refractivity contribution in [1.82, 2.24) is 4.57 Å². The molecule has 0 aliphatic carbocycles. The molecule has 1 heterocycles. The second-order valence-corrected chi connectivity index (χ2v) is 5.87. The van der Waals surface area contributed by atoms with Gasteiger partial charge in [-0.3, -0.25) is 0 Å². The molecule has 0 unspecified atom stereocenters. The zero-order valence-corrected chi connectivity index (χ0v) is 13.1. The van der Waals surface area contributed by atoms with Crippen LogP contribution in [0.3, 0.4) is 0 Å². The lowest BCUT2D eigenvalue weighted by atomic mass is 9.95. The maximum absolute atomic E-state index is 11.6. The third-order valence-electron chi connectivity index (χ3n) is 4.21. The molecule has 0 radical (unpaired) electrons. The second-order valence-electron chi connectivity index (χ2n) is 5.87. The third-order valence-corrected chi connectivity index (χ3v) is 4.21. The van der Waals surface area contributed by atoms with E-state index >= 15 is 0 Å². The fourth-order valence-corrected chi connectivity index (χ4v) is 2.88. The summed E-state index contributed by atoms with van der Waals surface area (Å²) in [6.07, 6.45) is 1.45. The van der Waals surface area contributed by atoms with Crippen LogP contribution in [0.5, 0.6) is 0 Å². The van der Waals surface area contributed by atoms with Gasteiger partial charge in [-0.1, -0.05) is 13.8 Å². The molecule has 0 atom stereocenters. The van der Waals surface area contributed by atoms with E-state index < -0.39 is 5.97 Å². The Kier molecular flexibility index (Phi) is 4.37. The molecule has 0 amide bonds. The van der Waals surface area contributed by atoms with E-state index in [0.29, 0.717) is 12.0 Å². The number of aromatic nitrogens is 1. The molecule has 0 aliphatic heterocycles. The smallest absolute Gasteiger partial charge is 0.337 e. The Balaban J connectivity index is 2.80. The van der Waals surface area contributed by atoms with Gasteiger partial charge in [-0.2, -0.15) is 0 Å². The van der Waals surface area contributed by atoms with Gasteiger partial charge in [0.2, 0.25) is 0 Å². The van der Waals surface area contributed by atoms with Crippen LogP contribution in [0.4, 0.5) is 0 Å². The maximum Gasteiger partial charge on any atom is 0.337 e. The van der Waals surface area contributed by atoms with Gasteiger partial charge >= 0.3 is 5.97 Å². The van der Waals surface area contributed by atoms with Crippen LogP contribution < -0.4 is 0 Å². The van der Waals surface area contributed by atoms with Gasteiger partial charge in [0.1, 0.15) is 0 Å². The van der Waals surface area contributed by atoms with E-state index in [1.54, 1.807) is 6.07 Å². The van der Waals surface area contributed by atoms with Crippen molar-refractivity contribution in [1.29, 1.82) is 0 Å². The molecule has 2 rings (SSSR count). The highest BCUT2D eigenvalue weighted by molar-refractivity contribution is 6.04. The van der Waals surface area contributed by atoms with E-state index in [2.05, 4.69) is 19.9 Å². The van der Waals surface area contributed by atoms with Crippen LogP contribution in [0.25, 0.3) is 10.9 Å². The standard InChI is InChI=1S/C17H23NO3/c1-10(2)12-8-14-13(6-5-7-19)11(3)18(4)16(14)15(9-12)17(20)21/h8-10,19H,5-7H2,1-4H3,(H,20,21). The highest BCUT2D eigenvalue weighted by atomic mass is 16.4. The average Bonchev–Trinajstić information content (AvgIpc) is 2.68. The minimum absolute atomic E-state index is 0.144.